The molecule has 0 atom stereocenters. The molecule has 0 amide bonds. The summed E-state index contributed by atoms with van der Waals surface area (Å²) in [4.78, 5) is 11.1. The maximum absolute atomic E-state index is 11.1. The van der Waals surface area contributed by atoms with Crippen LogP contribution in [0.3, 0.4) is 0 Å². The molecule has 0 spiro atoms. The maximum Gasteiger partial charge on any atom is 0.248 e. The summed E-state index contributed by atoms with van der Waals surface area (Å²) in [6.07, 6.45) is 2.84. The molecule has 0 bridgehead atoms. The average molecular weight is 207 g/mol. The third kappa shape index (κ3) is 1.73. The highest BCUT2D eigenvalue weighted by atomic mass is 35.5. The number of rotatable bonds is 2. The van der Waals surface area contributed by atoms with E-state index in [9.17, 15) is 4.79 Å². The first-order valence-electron chi connectivity index (χ1n) is 4.76. The first-order valence-corrected chi connectivity index (χ1v) is 5.14. The SMILES string of the molecule is O=C(Cl)C1=C(c2ccccc2)CCC1. The molecule has 0 unspecified atom stereocenters. The Morgan fingerprint density at radius 1 is 1.14 bits per heavy atom. The first kappa shape index (κ1) is 9.47. The molecule has 72 valence electrons. The third-order valence-corrected chi connectivity index (χ3v) is 2.81. The van der Waals surface area contributed by atoms with Gasteiger partial charge in [-0.2, -0.15) is 0 Å². The minimum Gasteiger partial charge on any atom is -0.276 e. The van der Waals surface area contributed by atoms with Gasteiger partial charge in [-0.3, -0.25) is 4.79 Å². The Kier molecular flexibility index (Phi) is 2.69. The molecule has 0 aliphatic heterocycles. The van der Waals surface area contributed by atoms with Crippen LogP contribution < -0.4 is 0 Å². The van der Waals surface area contributed by atoms with E-state index >= 15 is 0 Å². The van der Waals surface area contributed by atoms with Crippen LogP contribution in [0.15, 0.2) is 35.9 Å². The van der Waals surface area contributed by atoms with Crippen LogP contribution in [-0.4, -0.2) is 5.24 Å². The first-order chi connectivity index (χ1) is 6.79. The monoisotopic (exact) mass is 206 g/mol. The van der Waals surface area contributed by atoms with Crippen LogP contribution in [0.25, 0.3) is 5.57 Å². The van der Waals surface area contributed by atoms with E-state index in [0.29, 0.717) is 0 Å². The Balaban J connectivity index is 2.43. The summed E-state index contributed by atoms with van der Waals surface area (Å²) in [6, 6.07) is 10.00. The van der Waals surface area contributed by atoms with Gasteiger partial charge in [-0.25, -0.2) is 0 Å². The molecule has 1 aliphatic rings. The summed E-state index contributed by atoms with van der Waals surface area (Å²) in [5.74, 6) is 0. The molecule has 1 aliphatic carbocycles. The molecule has 1 nitrogen and oxygen atoms in total. The summed E-state index contributed by atoms with van der Waals surface area (Å²) >= 11 is 5.53. The highest BCUT2D eigenvalue weighted by Crippen LogP contribution is 2.34. The van der Waals surface area contributed by atoms with Gasteiger partial charge in [-0.1, -0.05) is 30.3 Å². The van der Waals surface area contributed by atoms with Gasteiger partial charge in [0.15, 0.2) is 0 Å². The Bertz CT molecular complexity index is 379. The van der Waals surface area contributed by atoms with Crippen molar-refractivity contribution in [1.29, 1.82) is 0 Å². The fourth-order valence-corrected chi connectivity index (χ4v) is 2.13. The van der Waals surface area contributed by atoms with Crippen molar-refractivity contribution in [3.05, 3.63) is 41.5 Å². The molecule has 0 fully saturated rings. The predicted molar refractivity (Wildman–Crippen MR) is 58.1 cm³/mol. The molecule has 2 heteroatoms. The van der Waals surface area contributed by atoms with Crippen molar-refractivity contribution in [3.8, 4) is 0 Å². The fourth-order valence-electron chi connectivity index (χ4n) is 1.92. The quantitative estimate of drug-likeness (QED) is 0.678. The van der Waals surface area contributed by atoms with Crippen molar-refractivity contribution in [2.45, 2.75) is 19.3 Å². The van der Waals surface area contributed by atoms with E-state index in [1.807, 2.05) is 30.3 Å². The summed E-state index contributed by atoms with van der Waals surface area (Å²) in [6.45, 7) is 0. The van der Waals surface area contributed by atoms with Crippen molar-refractivity contribution >= 4 is 22.4 Å². The molecule has 1 aromatic carbocycles. The molecule has 14 heavy (non-hydrogen) atoms. The van der Waals surface area contributed by atoms with Gasteiger partial charge in [-0.15, -0.1) is 0 Å². The van der Waals surface area contributed by atoms with Crippen LogP contribution >= 0.6 is 11.6 Å². The molecule has 2 rings (SSSR count). The minimum absolute atomic E-state index is 0.290. The second-order valence-electron chi connectivity index (χ2n) is 3.45. The zero-order valence-electron chi connectivity index (χ0n) is 7.79. The lowest BCUT2D eigenvalue weighted by atomic mass is 10.0. The number of carbonyl (C=O) groups is 1. The number of hydrogen-bond acceptors (Lipinski definition) is 1. The molecule has 0 saturated heterocycles. The Morgan fingerprint density at radius 2 is 1.86 bits per heavy atom. The van der Waals surface area contributed by atoms with Crippen LogP contribution in [-0.2, 0) is 4.79 Å². The molecule has 0 saturated carbocycles. The summed E-state index contributed by atoms with van der Waals surface area (Å²) < 4.78 is 0. The normalized spacial score (nSPS) is 16.1. The van der Waals surface area contributed by atoms with Gasteiger partial charge in [0, 0.05) is 5.57 Å². The van der Waals surface area contributed by atoms with Gasteiger partial charge in [0.25, 0.3) is 0 Å². The van der Waals surface area contributed by atoms with Crippen LogP contribution in [0.5, 0.6) is 0 Å². The number of halogens is 1. The van der Waals surface area contributed by atoms with E-state index < -0.39 is 0 Å². The molecule has 0 N–H and O–H groups in total. The fraction of sp³-hybridized carbons (Fsp3) is 0.250. The third-order valence-electron chi connectivity index (χ3n) is 2.58. The van der Waals surface area contributed by atoms with Crippen LogP contribution in [0, 0.1) is 0 Å². The van der Waals surface area contributed by atoms with Crippen molar-refractivity contribution in [2.75, 3.05) is 0 Å². The molecule has 0 heterocycles. The summed E-state index contributed by atoms with van der Waals surface area (Å²) in [5, 5.41) is -0.290. The number of hydrogen-bond donors (Lipinski definition) is 0. The Labute approximate surface area is 88.4 Å². The van der Waals surface area contributed by atoms with Crippen molar-refractivity contribution in [1.82, 2.24) is 0 Å². The van der Waals surface area contributed by atoms with E-state index in [-0.39, 0.29) is 5.24 Å². The zero-order chi connectivity index (χ0) is 9.97. The molecular formula is C12H11ClO. The van der Waals surface area contributed by atoms with E-state index in [4.69, 9.17) is 11.6 Å². The summed E-state index contributed by atoms with van der Waals surface area (Å²) in [7, 11) is 0. The van der Waals surface area contributed by atoms with Crippen LogP contribution in [0.2, 0.25) is 0 Å². The highest BCUT2D eigenvalue weighted by molar-refractivity contribution is 6.68. The summed E-state index contributed by atoms with van der Waals surface area (Å²) in [5.41, 5.74) is 3.07. The molecule has 0 aromatic heterocycles. The molecular weight excluding hydrogens is 196 g/mol. The Hall–Kier alpha value is -1.08. The van der Waals surface area contributed by atoms with Crippen molar-refractivity contribution in [2.24, 2.45) is 0 Å². The van der Waals surface area contributed by atoms with E-state index in [0.717, 1.165) is 36.0 Å². The predicted octanol–water partition coefficient (Wildman–Crippen LogP) is 3.39. The van der Waals surface area contributed by atoms with Crippen molar-refractivity contribution in [3.63, 3.8) is 0 Å². The lowest BCUT2D eigenvalue weighted by Gasteiger charge is -2.03. The van der Waals surface area contributed by atoms with Gasteiger partial charge >= 0.3 is 0 Å². The number of allylic oxidation sites excluding steroid dienone is 2. The number of benzene rings is 1. The van der Waals surface area contributed by atoms with E-state index in [1.54, 1.807) is 0 Å². The van der Waals surface area contributed by atoms with Gasteiger partial charge in [-0.05, 0) is 42.0 Å². The van der Waals surface area contributed by atoms with E-state index in [1.165, 1.54) is 0 Å². The standard InChI is InChI=1S/C12H11ClO/c13-12(14)11-8-4-7-10(11)9-5-2-1-3-6-9/h1-3,5-6H,4,7-8H2. The second kappa shape index (κ2) is 3.97. The average Bonchev–Trinajstić information content (AvgIpc) is 2.67. The molecule has 0 radical (unpaired) electrons. The zero-order valence-corrected chi connectivity index (χ0v) is 8.55. The van der Waals surface area contributed by atoms with Gasteiger partial charge in [0.2, 0.25) is 5.24 Å². The molecule has 1 aromatic rings. The Morgan fingerprint density at radius 3 is 2.50 bits per heavy atom. The van der Waals surface area contributed by atoms with Crippen molar-refractivity contribution < 1.29 is 4.79 Å². The second-order valence-corrected chi connectivity index (χ2v) is 3.79. The topological polar surface area (TPSA) is 17.1 Å². The van der Waals surface area contributed by atoms with Gasteiger partial charge < -0.3 is 0 Å². The largest absolute Gasteiger partial charge is 0.276 e. The van der Waals surface area contributed by atoms with Gasteiger partial charge in [0.1, 0.15) is 0 Å². The van der Waals surface area contributed by atoms with E-state index in [2.05, 4.69) is 0 Å². The lowest BCUT2D eigenvalue weighted by molar-refractivity contribution is -0.108. The lowest BCUT2D eigenvalue weighted by Crippen LogP contribution is -1.92. The van der Waals surface area contributed by atoms with Crippen LogP contribution in [0.4, 0.5) is 0 Å². The maximum atomic E-state index is 11.1. The van der Waals surface area contributed by atoms with Crippen LogP contribution in [0.1, 0.15) is 24.8 Å². The number of carbonyl (C=O) groups excluding carboxylic acids is 1. The smallest absolute Gasteiger partial charge is 0.248 e. The minimum atomic E-state index is -0.290. The van der Waals surface area contributed by atoms with Gasteiger partial charge in [0.05, 0.1) is 0 Å². The highest BCUT2D eigenvalue weighted by Gasteiger charge is 2.19.